The highest BCUT2D eigenvalue weighted by molar-refractivity contribution is 9.10. The van der Waals surface area contributed by atoms with Gasteiger partial charge in [0.1, 0.15) is 16.0 Å². The van der Waals surface area contributed by atoms with Crippen LogP contribution >= 0.6 is 15.9 Å². The predicted molar refractivity (Wildman–Crippen MR) is 139 cm³/mol. The van der Waals surface area contributed by atoms with Gasteiger partial charge in [0.15, 0.2) is 0 Å². The number of nitriles is 2. The van der Waals surface area contributed by atoms with Crippen molar-refractivity contribution >= 4 is 33.4 Å². The normalized spacial score (nSPS) is 13.2. The van der Waals surface area contributed by atoms with Gasteiger partial charge in [-0.05, 0) is 103 Å². The summed E-state index contributed by atoms with van der Waals surface area (Å²) in [7, 11) is 0. The van der Waals surface area contributed by atoms with E-state index in [-0.39, 0.29) is 0 Å². The Kier molecular flexibility index (Phi) is 7.81. The summed E-state index contributed by atoms with van der Waals surface area (Å²) in [4.78, 5) is 11.7. The van der Waals surface area contributed by atoms with Crippen LogP contribution in [0.15, 0.2) is 40.9 Å². The summed E-state index contributed by atoms with van der Waals surface area (Å²) in [5, 5.41) is 24.9. The van der Waals surface area contributed by atoms with Crippen LogP contribution in [0.2, 0.25) is 0 Å². The van der Waals surface area contributed by atoms with Crippen LogP contribution in [0.25, 0.3) is 0 Å². The molecule has 0 saturated carbocycles. The number of anilines is 3. The van der Waals surface area contributed by atoms with E-state index in [2.05, 4.69) is 53.6 Å². The van der Waals surface area contributed by atoms with Gasteiger partial charge in [0.05, 0.1) is 23.3 Å². The minimum atomic E-state index is 0.357. The SMILES string of the molecule is Cc1cc(C#N)cc(C)c1Oc1nc(Nc2ccc(C#N)cc2)nc(NCCN2CCCC2)c1Br. The van der Waals surface area contributed by atoms with Gasteiger partial charge in [-0.25, -0.2) is 0 Å². The van der Waals surface area contributed by atoms with Gasteiger partial charge in [0, 0.05) is 18.8 Å². The standard InChI is InChI=1S/C26H26BrN7O/c1-17-13-20(16-29)14-18(2)23(17)35-25-22(27)24(30-9-12-34-10-3-4-11-34)32-26(33-25)31-21-7-5-19(15-28)6-8-21/h5-8,13-14H,3-4,9-12H2,1-2H3,(H2,30,31,32,33). The Morgan fingerprint density at radius 2 is 1.66 bits per heavy atom. The Morgan fingerprint density at radius 3 is 2.29 bits per heavy atom. The highest BCUT2D eigenvalue weighted by atomic mass is 79.9. The first-order chi connectivity index (χ1) is 17.0. The van der Waals surface area contributed by atoms with E-state index in [1.807, 2.05) is 13.8 Å². The van der Waals surface area contributed by atoms with Crippen LogP contribution in [0.5, 0.6) is 11.6 Å². The fraction of sp³-hybridized carbons (Fsp3) is 0.308. The Hall–Kier alpha value is -3.66. The fourth-order valence-corrected chi connectivity index (χ4v) is 4.43. The summed E-state index contributed by atoms with van der Waals surface area (Å²) in [6, 6.07) is 15.0. The van der Waals surface area contributed by atoms with E-state index >= 15 is 0 Å². The fourth-order valence-electron chi connectivity index (χ4n) is 4.04. The van der Waals surface area contributed by atoms with Crippen LogP contribution in [-0.4, -0.2) is 41.0 Å². The molecule has 0 amide bonds. The molecular weight excluding hydrogens is 506 g/mol. The smallest absolute Gasteiger partial charge is 0.240 e. The molecule has 0 aliphatic carbocycles. The molecule has 4 rings (SSSR count). The van der Waals surface area contributed by atoms with Gasteiger partial charge in [-0.3, -0.25) is 0 Å². The number of aryl methyl sites for hydroxylation is 2. The second-order valence-electron chi connectivity index (χ2n) is 8.46. The molecule has 2 aromatic carbocycles. The summed E-state index contributed by atoms with van der Waals surface area (Å²) < 4.78 is 6.88. The van der Waals surface area contributed by atoms with Crippen molar-refractivity contribution in [2.24, 2.45) is 0 Å². The Morgan fingerprint density at radius 1 is 1.00 bits per heavy atom. The van der Waals surface area contributed by atoms with E-state index in [1.54, 1.807) is 36.4 Å². The summed E-state index contributed by atoms with van der Waals surface area (Å²) in [5.74, 6) is 1.99. The molecule has 3 aromatic rings. The molecule has 8 nitrogen and oxygen atoms in total. The molecule has 35 heavy (non-hydrogen) atoms. The number of aromatic nitrogens is 2. The molecule has 9 heteroatoms. The molecule has 1 aliphatic heterocycles. The van der Waals surface area contributed by atoms with Crippen molar-refractivity contribution in [1.82, 2.24) is 14.9 Å². The molecule has 1 fully saturated rings. The zero-order valence-electron chi connectivity index (χ0n) is 19.7. The van der Waals surface area contributed by atoms with Gasteiger partial charge in [-0.15, -0.1) is 0 Å². The number of hydrogen-bond donors (Lipinski definition) is 2. The van der Waals surface area contributed by atoms with E-state index in [9.17, 15) is 5.26 Å². The Balaban J connectivity index is 1.63. The maximum absolute atomic E-state index is 9.26. The van der Waals surface area contributed by atoms with E-state index in [1.165, 1.54) is 12.8 Å². The number of halogens is 1. The largest absolute Gasteiger partial charge is 0.437 e. The lowest BCUT2D eigenvalue weighted by Crippen LogP contribution is -2.26. The third-order valence-corrected chi connectivity index (χ3v) is 6.51. The number of ether oxygens (including phenoxy) is 1. The molecule has 2 heterocycles. The van der Waals surface area contributed by atoms with Crippen molar-refractivity contribution in [1.29, 1.82) is 10.5 Å². The molecule has 1 aliphatic rings. The first-order valence-electron chi connectivity index (χ1n) is 11.5. The molecule has 1 saturated heterocycles. The number of hydrogen-bond acceptors (Lipinski definition) is 8. The maximum atomic E-state index is 9.26. The first kappa shape index (κ1) is 24.5. The van der Waals surface area contributed by atoms with Crippen LogP contribution in [0.1, 0.15) is 35.1 Å². The topological polar surface area (TPSA) is 110 Å². The summed E-state index contributed by atoms with van der Waals surface area (Å²) in [6.45, 7) is 7.74. The van der Waals surface area contributed by atoms with E-state index in [0.29, 0.717) is 39.0 Å². The van der Waals surface area contributed by atoms with Crippen LogP contribution in [0.4, 0.5) is 17.5 Å². The van der Waals surface area contributed by atoms with Crippen LogP contribution in [0, 0.1) is 36.5 Å². The molecule has 2 N–H and O–H groups in total. The summed E-state index contributed by atoms with van der Waals surface area (Å²) in [5.41, 5.74) is 3.61. The van der Waals surface area contributed by atoms with Crippen molar-refractivity contribution in [3.63, 3.8) is 0 Å². The first-order valence-corrected chi connectivity index (χ1v) is 12.3. The number of nitrogens with one attached hydrogen (secondary N) is 2. The van der Waals surface area contributed by atoms with Crippen LogP contribution in [0.3, 0.4) is 0 Å². The summed E-state index contributed by atoms with van der Waals surface area (Å²) >= 11 is 3.63. The highest BCUT2D eigenvalue weighted by Gasteiger charge is 2.18. The van der Waals surface area contributed by atoms with Gasteiger partial charge in [0.25, 0.3) is 0 Å². The lowest BCUT2D eigenvalue weighted by Gasteiger charge is -2.18. The molecular formula is C26H26BrN7O. The number of likely N-dealkylation sites (tertiary alicyclic amines) is 1. The molecule has 0 bridgehead atoms. The maximum Gasteiger partial charge on any atom is 0.240 e. The molecule has 0 spiro atoms. The van der Waals surface area contributed by atoms with E-state index in [4.69, 9.17) is 10.00 Å². The van der Waals surface area contributed by atoms with Crippen molar-refractivity contribution in [3.05, 3.63) is 63.1 Å². The molecule has 0 unspecified atom stereocenters. The zero-order chi connectivity index (χ0) is 24.8. The van der Waals surface area contributed by atoms with Crippen molar-refractivity contribution in [2.75, 3.05) is 36.8 Å². The Labute approximate surface area is 213 Å². The summed E-state index contributed by atoms with van der Waals surface area (Å²) in [6.07, 6.45) is 2.49. The van der Waals surface area contributed by atoms with Crippen molar-refractivity contribution in [2.45, 2.75) is 26.7 Å². The third-order valence-electron chi connectivity index (χ3n) is 5.80. The van der Waals surface area contributed by atoms with Gasteiger partial charge in [-0.1, -0.05) is 0 Å². The van der Waals surface area contributed by atoms with Crippen molar-refractivity contribution in [3.8, 4) is 23.8 Å². The minimum Gasteiger partial charge on any atom is -0.437 e. The van der Waals surface area contributed by atoms with Gasteiger partial charge in [-0.2, -0.15) is 20.5 Å². The second-order valence-corrected chi connectivity index (χ2v) is 9.25. The third kappa shape index (κ3) is 6.07. The van der Waals surface area contributed by atoms with Gasteiger partial charge < -0.3 is 20.3 Å². The predicted octanol–water partition coefficient (Wildman–Crippen LogP) is 5.64. The monoisotopic (exact) mass is 531 g/mol. The average Bonchev–Trinajstić information content (AvgIpc) is 3.37. The Bertz CT molecular complexity index is 1270. The van der Waals surface area contributed by atoms with Crippen molar-refractivity contribution < 1.29 is 4.74 Å². The minimum absolute atomic E-state index is 0.357. The van der Waals surface area contributed by atoms with Crippen LogP contribution in [-0.2, 0) is 0 Å². The molecule has 0 atom stereocenters. The lowest BCUT2D eigenvalue weighted by atomic mass is 10.1. The lowest BCUT2D eigenvalue weighted by molar-refractivity contribution is 0.352. The second kappa shape index (κ2) is 11.2. The number of benzene rings is 2. The average molecular weight is 532 g/mol. The molecule has 0 radical (unpaired) electrons. The number of rotatable bonds is 8. The zero-order valence-corrected chi connectivity index (χ0v) is 21.3. The van der Waals surface area contributed by atoms with Gasteiger partial charge >= 0.3 is 0 Å². The highest BCUT2D eigenvalue weighted by Crippen LogP contribution is 2.37. The molecule has 178 valence electrons. The number of nitrogens with zero attached hydrogens (tertiary/aromatic N) is 5. The van der Waals surface area contributed by atoms with E-state index < -0.39 is 0 Å². The van der Waals surface area contributed by atoms with Gasteiger partial charge in [0.2, 0.25) is 11.8 Å². The molecule has 1 aromatic heterocycles. The quantitative estimate of drug-likeness (QED) is 0.384. The van der Waals surface area contributed by atoms with Crippen LogP contribution < -0.4 is 15.4 Å². The van der Waals surface area contributed by atoms with E-state index in [0.717, 1.165) is 43.0 Å².